The molecule has 1 atom stereocenters. The molecule has 82 valence electrons. The molecule has 15 heavy (non-hydrogen) atoms. The highest BCUT2D eigenvalue weighted by Crippen LogP contribution is 2.39. The van der Waals surface area contributed by atoms with Crippen molar-refractivity contribution in [2.24, 2.45) is 0 Å². The maximum absolute atomic E-state index is 9.27. The van der Waals surface area contributed by atoms with Crippen molar-refractivity contribution in [3.8, 4) is 0 Å². The zero-order valence-electron chi connectivity index (χ0n) is 8.75. The zero-order valence-corrected chi connectivity index (χ0v) is 9.51. The van der Waals surface area contributed by atoms with Crippen molar-refractivity contribution in [1.82, 2.24) is 0 Å². The molecule has 1 aromatic rings. The Bertz CT molecular complexity index is 379. The van der Waals surface area contributed by atoms with E-state index >= 15 is 0 Å². The van der Waals surface area contributed by atoms with Crippen LogP contribution in [0.4, 0.5) is 5.69 Å². The van der Waals surface area contributed by atoms with Crippen LogP contribution in [0.1, 0.15) is 25.5 Å². The van der Waals surface area contributed by atoms with Gasteiger partial charge in [0.1, 0.15) is 11.8 Å². The molecule has 0 saturated heterocycles. The minimum absolute atomic E-state index is 0.0432. The second-order valence-electron chi connectivity index (χ2n) is 4.13. The monoisotopic (exact) mass is 227 g/mol. The quantitative estimate of drug-likeness (QED) is 0.775. The Morgan fingerprint density at radius 3 is 2.93 bits per heavy atom. The number of halogens is 1. The van der Waals surface area contributed by atoms with Gasteiger partial charge in [-0.15, -0.1) is 0 Å². The van der Waals surface area contributed by atoms with E-state index in [1.165, 1.54) is 0 Å². The van der Waals surface area contributed by atoms with Gasteiger partial charge in [-0.25, -0.2) is 0 Å². The Morgan fingerprint density at radius 1 is 1.53 bits per heavy atom. The SMILES string of the molecule is CC1(C)Nc2c(Cl)cccc2C(CO)O1. The van der Waals surface area contributed by atoms with E-state index in [0.717, 1.165) is 11.3 Å². The number of aliphatic hydroxyl groups excluding tert-OH is 1. The van der Waals surface area contributed by atoms with Crippen molar-refractivity contribution in [2.45, 2.75) is 25.7 Å². The van der Waals surface area contributed by atoms with Crippen molar-refractivity contribution in [1.29, 1.82) is 0 Å². The fourth-order valence-corrected chi connectivity index (χ4v) is 2.06. The molecule has 4 heteroatoms. The van der Waals surface area contributed by atoms with E-state index in [2.05, 4.69) is 5.32 Å². The van der Waals surface area contributed by atoms with E-state index in [4.69, 9.17) is 16.3 Å². The van der Waals surface area contributed by atoms with Gasteiger partial charge in [-0.05, 0) is 19.9 Å². The summed E-state index contributed by atoms with van der Waals surface area (Å²) in [5.41, 5.74) is 1.25. The zero-order chi connectivity index (χ0) is 11.1. The molecule has 0 radical (unpaired) electrons. The van der Waals surface area contributed by atoms with Crippen LogP contribution in [0, 0.1) is 0 Å². The van der Waals surface area contributed by atoms with Crippen LogP contribution in [0.3, 0.4) is 0 Å². The lowest BCUT2D eigenvalue weighted by Crippen LogP contribution is -2.41. The third kappa shape index (κ3) is 1.95. The number of aliphatic hydroxyl groups is 1. The molecule has 0 fully saturated rings. The molecule has 2 N–H and O–H groups in total. The average molecular weight is 228 g/mol. The summed E-state index contributed by atoms with van der Waals surface area (Å²) in [6.07, 6.45) is -0.310. The van der Waals surface area contributed by atoms with Crippen LogP contribution in [0.2, 0.25) is 5.02 Å². The van der Waals surface area contributed by atoms with Crippen molar-refractivity contribution in [3.05, 3.63) is 28.8 Å². The highest BCUT2D eigenvalue weighted by molar-refractivity contribution is 6.33. The van der Waals surface area contributed by atoms with Gasteiger partial charge < -0.3 is 15.2 Å². The van der Waals surface area contributed by atoms with Gasteiger partial charge >= 0.3 is 0 Å². The number of benzene rings is 1. The normalized spacial score (nSPS) is 23.1. The van der Waals surface area contributed by atoms with Gasteiger partial charge in [-0.2, -0.15) is 0 Å². The largest absolute Gasteiger partial charge is 0.393 e. The second kappa shape index (κ2) is 3.67. The van der Waals surface area contributed by atoms with Crippen molar-refractivity contribution >= 4 is 17.3 Å². The van der Waals surface area contributed by atoms with E-state index in [-0.39, 0.29) is 12.7 Å². The van der Waals surface area contributed by atoms with Gasteiger partial charge in [-0.1, -0.05) is 23.7 Å². The van der Waals surface area contributed by atoms with Gasteiger partial charge in [0.05, 0.1) is 17.3 Å². The number of anilines is 1. The van der Waals surface area contributed by atoms with Crippen LogP contribution in [-0.2, 0) is 4.74 Å². The van der Waals surface area contributed by atoms with Crippen LogP contribution < -0.4 is 5.32 Å². The number of hydrogen-bond acceptors (Lipinski definition) is 3. The Morgan fingerprint density at radius 2 is 2.27 bits per heavy atom. The second-order valence-corrected chi connectivity index (χ2v) is 4.54. The highest BCUT2D eigenvalue weighted by Gasteiger charge is 2.32. The third-order valence-corrected chi connectivity index (χ3v) is 2.74. The summed E-state index contributed by atoms with van der Waals surface area (Å²) >= 11 is 6.09. The summed E-state index contributed by atoms with van der Waals surface area (Å²) in [4.78, 5) is 0. The number of ether oxygens (including phenoxy) is 1. The number of fused-ring (bicyclic) bond motifs is 1. The first-order valence-electron chi connectivity index (χ1n) is 4.89. The van der Waals surface area contributed by atoms with Crippen LogP contribution >= 0.6 is 11.6 Å². The van der Waals surface area contributed by atoms with E-state index in [1.807, 2.05) is 32.0 Å². The molecule has 3 nitrogen and oxygen atoms in total. The topological polar surface area (TPSA) is 41.5 Å². The third-order valence-electron chi connectivity index (χ3n) is 2.42. The number of para-hydroxylation sites is 1. The molecule has 0 aromatic heterocycles. The van der Waals surface area contributed by atoms with Gasteiger partial charge in [0.25, 0.3) is 0 Å². The molecule has 0 aliphatic carbocycles. The van der Waals surface area contributed by atoms with E-state index in [0.29, 0.717) is 5.02 Å². The molecular weight excluding hydrogens is 214 g/mol. The van der Waals surface area contributed by atoms with Crippen LogP contribution in [0.15, 0.2) is 18.2 Å². The lowest BCUT2D eigenvalue weighted by molar-refractivity contribution is -0.0838. The van der Waals surface area contributed by atoms with Gasteiger partial charge in [0.15, 0.2) is 0 Å². The molecule has 0 amide bonds. The molecule has 1 heterocycles. The van der Waals surface area contributed by atoms with Crippen molar-refractivity contribution in [2.75, 3.05) is 11.9 Å². The number of hydrogen-bond donors (Lipinski definition) is 2. The molecule has 0 saturated carbocycles. The maximum Gasteiger partial charge on any atom is 0.134 e. The fraction of sp³-hybridized carbons (Fsp3) is 0.455. The highest BCUT2D eigenvalue weighted by atomic mass is 35.5. The first-order valence-corrected chi connectivity index (χ1v) is 5.26. The summed E-state index contributed by atoms with van der Waals surface area (Å²) in [5.74, 6) is 0. The fourth-order valence-electron chi connectivity index (χ4n) is 1.83. The van der Waals surface area contributed by atoms with E-state index < -0.39 is 5.72 Å². The van der Waals surface area contributed by atoms with Crippen molar-refractivity contribution < 1.29 is 9.84 Å². The molecule has 1 aromatic carbocycles. The molecule has 1 aliphatic heterocycles. The first-order chi connectivity index (χ1) is 7.03. The Balaban J connectivity index is 2.49. The summed E-state index contributed by atoms with van der Waals surface area (Å²) in [5, 5.41) is 13.1. The Kier molecular flexibility index (Phi) is 2.63. The number of nitrogens with one attached hydrogen (secondary N) is 1. The summed E-state index contributed by atoms with van der Waals surface area (Å²) in [6, 6.07) is 5.58. The maximum atomic E-state index is 9.27. The average Bonchev–Trinajstić information content (AvgIpc) is 2.17. The van der Waals surface area contributed by atoms with Gasteiger partial charge in [-0.3, -0.25) is 0 Å². The molecule has 1 aliphatic rings. The standard InChI is InChI=1S/C11H14ClNO2/c1-11(2)13-10-7(9(6-14)15-11)4-3-5-8(10)12/h3-5,9,13-14H,6H2,1-2H3. The van der Waals surface area contributed by atoms with Crippen molar-refractivity contribution in [3.63, 3.8) is 0 Å². The molecular formula is C11H14ClNO2. The van der Waals surface area contributed by atoms with Gasteiger partial charge in [0, 0.05) is 5.56 Å². The minimum atomic E-state index is -0.509. The lowest BCUT2D eigenvalue weighted by atomic mass is 10.0. The van der Waals surface area contributed by atoms with E-state index in [1.54, 1.807) is 0 Å². The summed E-state index contributed by atoms with van der Waals surface area (Å²) in [7, 11) is 0. The smallest absolute Gasteiger partial charge is 0.134 e. The Hall–Kier alpha value is -0.770. The lowest BCUT2D eigenvalue weighted by Gasteiger charge is -2.38. The molecule has 2 rings (SSSR count). The summed E-state index contributed by atoms with van der Waals surface area (Å²) < 4.78 is 5.68. The van der Waals surface area contributed by atoms with Gasteiger partial charge in [0.2, 0.25) is 0 Å². The predicted octanol–water partition coefficient (Wildman–Crippen LogP) is 2.55. The summed E-state index contributed by atoms with van der Waals surface area (Å²) in [6.45, 7) is 3.77. The van der Waals surface area contributed by atoms with E-state index in [9.17, 15) is 5.11 Å². The Labute approximate surface area is 94.0 Å². The minimum Gasteiger partial charge on any atom is -0.393 e. The van der Waals surface area contributed by atoms with Crippen LogP contribution in [-0.4, -0.2) is 17.4 Å². The number of rotatable bonds is 1. The predicted molar refractivity (Wildman–Crippen MR) is 60.1 cm³/mol. The molecule has 0 bridgehead atoms. The first kappa shape index (κ1) is 10.7. The molecule has 0 spiro atoms. The van der Waals surface area contributed by atoms with Crippen LogP contribution in [0.25, 0.3) is 0 Å². The van der Waals surface area contributed by atoms with Crippen LogP contribution in [0.5, 0.6) is 0 Å². The molecule has 1 unspecified atom stereocenters.